The Morgan fingerprint density at radius 2 is 1.58 bits per heavy atom. The minimum absolute atomic E-state index is 0.260. The van der Waals surface area contributed by atoms with Crippen LogP contribution in [-0.4, -0.2) is 36.1 Å². The quantitative estimate of drug-likeness (QED) is 0.762. The van der Waals surface area contributed by atoms with Crippen molar-refractivity contribution < 1.29 is 0 Å². The van der Waals surface area contributed by atoms with Crippen LogP contribution in [0.5, 0.6) is 0 Å². The molecule has 1 aliphatic rings. The molecule has 3 heteroatoms. The molecule has 1 N–H and O–H groups in total. The number of hydrogen-bond donors (Lipinski definition) is 1. The van der Waals surface area contributed by atoms with Crippen molar-refractivity contribution in [3.05, 3.63) is 77.5 Å². The number of para-hydroxylation sites is 1. The number of nitrogens with one attached hydrogen (secondary N) is 1. The zero-order chi connectivity index (χ0) is 17.9. The molecule has 1 unspecified atom stereocenters. The molecule has 0 amide bonds. The van der Waals surface area contributed by atoms with Gasteiger partial charge in [0.2, 0.25) is 0 Å². The summed E-state index contributed by atoms with van der Waals surface area (Å²) in [5.41, 5.74) is 5.09. The van der Waals surface area contributed by atoms with Gasteiger partial charge in [0.25, 0.3) is 0 Å². The first-order chi connectivity index (χ1) is 12.7. The molecule has 1 fully saturated rings. The average Bonchev–Trinajstić information content (AvgIpc) is 2.69. The van der Waals surface area contributed by atoms with Gasteiger partial charge in [-0.2, -0.15) is 0 Å². The fourth-order valence-electron chi connectivity index (χ4n) is 3.86. The summed E-state index contributed by atoms with van der Waals surface area (Å²) in [5, 5.41) is 4.68. The summed E-state index contributed by atoms with van der Waals surface area (Å²) in [6, 6.07) is 20.1. The molecule has 26 heavy (non-hydrogen) atoms. The highest BCUT2D eigenvalue weighted by atomic mass is 15.2. The smallest absolute Gasteiger partial charge is 0.0702 e. The summed E-state index contributed by atoms with van der Waals surface area (Å²) in [6.07, 6.45) is 2.06. The second-order valence-electron chi connectivity index (χ2n) is 7.47. The third kappa shape index (κ3) is 3.50. The minimum Gasteiger partial charge on any atom is -0.314 e. The number of rotatable bonds is 4. The highest BCUT2D eigenvalue weighted by Crippen LogP contribution is 2.31. The Morgan fingerprint density at radius 3 is 2.31 bits per heavy atom. The van der Waals surface area contributed by atoms with E-state index in [2.05, 4.69) is 78.8 Å². The summed E-state index contributed by atoms with van der Waals surface area (Å²) in [5.74, 6) is 0.559. The second-order valence-corrected chi connectivity index (χ2v) is 7.47. The molecule has 2 heterocycles. The topological polar surface area (TPSA) is 28.2 Å². The van der Waals surface area contributed by atoms with E-state index >= 15 is 0 Å². The van der Waals surface area contributed by atoms with Gasteiger partial charge in [0.1, 0.15) is 0 Å². The number of nitrogens with zero attached hydrogens (tertiary/aromatic N) is 2. The number of hydrogen-bond acceptors (Lipinski definition) is 3. The van der Waals surface area contributed by atoms with Crippen LogP contribution < -0.4 is 5.32 Å². The first-order valence-corrected chi connectivity index (χ1v) is 9.62. The molecule has 4 rings (SSSR count). The predicted octanol–water partition coefficient (Wildman–Crippen LogP) is 4.35. The van der Waals surface area contributed by atoms with Crippen LogP contribution in [0.3, 0.4) is 0 Å². The van der Waals surface area contributed by atoms with Crippen molar-refractivity contribution in [2.24, 2.45) is 0 Å². The maximum absolute atomic E-state index is 4.73. The standard InChI is InChI=1S/C23H27N3/c1-17(2)18-7-9-19(10-8-18)23(26-13-11-24-12-14-26)21-15-20-5-3-4-6-22(20)25-16-21/h3-10,15-17,23-24H,11-14H2,1-2H3. The van der Waals surface area contributed by atoms with Gasteiger partial charge >= 0.3 is 0 Å². The second kappa shape index (κ2) is 7.56. The van der Waals surface area contributed by atoms with Crippen LogP contribution in [0.15, 0.2) is 60.8 Å². The van der Waals surface area contributed by atoms with E-state index in [1.54, 1.807) is 0 Å². The molecular weight excluding hydrogens is 318 g/mol. The van der Waals surface area contributed by atoms with Gasteiger partial charge in [-0.15, -0.1) is 0 Å². The molecule has 2 aromatic carbocycles. The van der Waals surface area contributed by atoms with E-state index in [9.17, 15) is 0 Å². The van der Waals surface area contributed by atoms with Crippen LogP contribution in [0.2, 0.25) is 0 Å². The van der Waals surface area contributed by atoms with Gasteiger partial charge in [0.15, 0.2) is 0 Å². The summed E-state index contributed by atoms with van der Waals surface area (Å²) >= 11 is 0. The zero-order valence-corrected chi connectivity index (χ0v) is 15.7. The lowest BCUT2D eigenvalue weighted by molar-refractivity contribution is 0.198. The molecule has 0 aliphatic carbocycles. The molecule has 1 aromatic heterocycles. The Balaban J connectivity index is 1.76. The zero-order valence-electron chi connectivity index (χ0n) is 15.7. The van der Waals surface area contributed by atoms with Gasteiger partial charge in [-0.25, -0.2) is 0 Å². The lowest BCUT2D eigenvalue weighted by Gasteiger charge is -2.35. The van der Waals surface area contributed by atoms with Crippen molar-refractivity contribution in [1.82, 2.24) is 15.2 Å². The number of benzene rings is 2. The lowest BCUT2D eigenvalue weighted by Crippen LogP contribution is -2.45. The van der Waals surface area contributed by atoms with E-state index in [0.29, 0.717) is 5.92 Å². The van der Waals surface area contributed by atoms with E-state index in [-0.39, 0.29) is 6.04 Å². The molecule has 0 bridgehead atoms. The molecule has 3 nitrogen and oxygen atoms in total. The Bertz CT molecular complexity index is 864. The summed E-state index contributed by atoms with van der Waals surface area (Å²) in [4.78, 5) is 7.30. The SMILES string of the molecule is CC(C)c1ccc(C(c2cnc3ccccc3c2)N2CCNCC2)cc1. The van der Waals surface area contributed by atoms with E-state index in [4.69, 9.17) is 4.98 Å². The van der Waals surface area contributed by atoms with E-state index in [1.807, 2.05) is 6.07 Å². The van der Waals surface area contributed by atoms with Gasteiger partial charge in [-0.05, 0) is 34.7 Å². The molecule has 0 saturated carbocycles. The van der Waals surface area contributed by atoms with Gasteiger partial charge in [0, 0.05) is 37.8 Å². The van der Waals surface area contributed by atoms with Gasteiger partial charge < -0.3 is 5.32 Å². The molecule has 1 atom stereocenters. The Labute approximate surface area is 156 Å². The molecule has 1 aliphatic heterocycles. The molecule has 0 spiro atoms. The number of fused-ring (bicyclic) bond motifs is 1. The maximum Gasteiger partial charge on any atom is 0.0702 e. The molecule has 3 aromatic rings. The maximum atomic E-state index is 4.73. The predicted molar refractivity (Wildman–Crippen MR) is 109 cm³/mol. The largest absolute Gasteiger partial charge is 0.314 e. The summed E-state index contributed by atoms with van der Waals surface area (Å²) in [6.45, 7) is 8.70. The van der Waals surface area contributed by atoms with Gasteiger partial charge in [-0.1, -0.05) is 56.3 Å². The highest BCUT2D eigenvalue weighted by Gasteiger charge is 2.24. The van der Waals surface area contributed by atoms with Crippen LogP contribution in [0.25, 0.3) is 10.9 Å². The third-order valence-corrected chi connectivity index (χ3v) is 5.36. The molecule has 134 valence electrons. The lowest BCUT2D eigenvalue weighted by atomic mass is 9.94. The van der Waals surface area contributed by atoms with Crippen molar-refractivity contribution in [3.8, 4) is 0 Å². The fraction of sp³-hybridized carbons (Fsp3) is 0.348. The van der Waals surface area contributed by atoms with E-state index < -0.39 is 0 Å². The number of aromatic nitrogens is 1. The molecular formula is C23H27N3. The Morgan fingerprint density at radius 1 is 0.885 bits per heavy atom. The first kappa shape index (κ1) is 17.2. The van der Waals surface area contributed by atoms with E-state index in [1.165, 1.54) is 22.1 Å². The highest BCUT2D eigenvalue weighted by molar-refractivity contribution is 5.79. The Hall–Kier alpha value is -2.23. The van der Waals surface area contributed by atoms with Crippen molar-refractivity contribution in [2.45, 2.75) is 25.8 Å². The number of pyridine rings is 1. The van der Waals surface area contributed by atoms with Crippen LogP contribution in [0, 0.1) is 0 Å². The van der Waals surface area contributed by atoms with Crippen LogP contribution in [0.4, 0.5) is 0 Å². The number of piperazine rings is 1. The summed E-state index contributed by atoms with van der Waals surface area (Å²) in [7, 11) is 0. The van der Waals surface area contributed by atoms with Gasteiger partial charge in [0.05, 0.1) is 11.6 Å². The fourth-order valence-corrected chi connectivity index (χ4v) is 3.86. The van der Waals surface area contributed by atoms with Crippen LogP contribution in [-0.2, 0) is 0 Å². The van der Waals surface area contributed by atoms with Crippen molar-refractivity contribution in [3.63, 3.8) is 0 Å². The van der Waals surface area contributed by atoms with Crippen LogP contribution >= 0.6 is 0 Å². The first-order valence-electron chi connectivity index (χ1n) is 9.62. The molecule has 0 radical (unpaired) electrons. The Kier molecular flexibility index (Phi) is 5.00. The van der Waals surface area contributed by atoms with Gasteiger partial charge in [-0.3, -0.25) is 9.88 Å². The van der Waals surface area contributed by atoms with Crippen molar-refractivity contribution in [1.29, 1.82) is 0 Å². The normalized spacial score (nSPS) is 16.9. The van der Waals surface area contributed by atoms with Crippen molar-refractivity contribution in [2.75, 3.05) is 26.2 Å². The molecule has 1 saturated heterocycles. The van der Waals surface area contributed by atoms with E-state index in [0.717, 1.165) is 31.7 Å². The van der Waals surface area contributed by atoms with Crippen molar-refractivity contribution >= 4 is 10.9 Å². The van der Waals surface area contributed by atoms with Crippen LogP contribution in [0.1, 0.15) is 42.5 Å². The third-order valence-electron chi connectivity index (χ3n) is 5.36. The summed E-state index contributed by atoms with van der Waals surface area (Å²) < 4.78 is 0. The monoisotopic (exact) mass is 345 g/mol. The average molecular weight is 345 g/mol. The minimum atomic E-state index is 0.260.